The molecule has 0 bridgehead atoms. The van der Waals surface area contributed by atoms with Crippen molar-refractivity contribution in [2.75, 3.05) is 13.7 Å². The van der Waals surface area contributed by atoms with Gasteiger partial charge in [-0.2, -0.15) is 0 Å². The number of carbonyl (C=O) groups is 1. The van der Waals surface area contributed by atoms with Gasteiger partial charge in [0.05, 0.1) is 6.10 Å². The van der Waals surface area contributed by atoms with Crippen LogP contribution in [0.1, 0.15) is 52.9 Å². The molecule has 0 heterocycles. The van der Waals surface area contributed by atoms with Crippen LogP contribution in [0, 0.1) is 11.3 Å². The molecule has 0 spiro atoms. The van der Waals surface area contributed by atoms with Gasteiger partial charge in [-0.25, -0.2) is 0 Å². The predicted molar refractivity (Wildman–Crippen MR) is 87.6 cm³/mol. The number of nitrogens with zero attached hydrogens (tertiary/aromatic N) is 1. The number of amides is 1. The molecule has 4 nitrogen and oxygen atoms in total. The number of hydrogen-bond donors (Lipinski definition) is 1. The number of nitrogens with two attached hydrogens (primary N) is 1. The molecule has 5 heteroatoms. The van der Waals surface area contributed by atoms with Gasteiger partial charge in [0.15, 0.2) is 0 Å². The molecular formula is C16H31ClN2O2. The van der Waals surface area contributed by atoms with Gasteiger partial charge in [0, 0.05) is 37.1 Å². The molecule has 1 amide bonds. The van der Waals surface area contributed by atoms with E-state index in [0.717, 1.165) is 38.7 Å². The van der Waals surface area contributed by atoms with Crippen LogP contribution in [-0.4, -0.2) is 42.6 Å². The zero-order chi connectivity index (χ0) is 14.9. The van der Waals surface area contributed by atoms with Crippen LogP contribution in [0.25, 0.3) is 0 Å². The van der Waals surface area contributed by atoms with E-state index in [1.807, 2.05) is 18.9 Å². The van der Waals surface area contributed by atoms with Crippen LogP contribution in [0.2, 0.25) is 0 Å². The Hall–Kier alpha value is -0.320. The lowest BCUT2D eigenvalue weighted by atomic mass is 9.63. The largest absolute Gasteiger partial charge is 0.378 e. The molecule has 0 saturated heterocycles. The fourth-order valence-electron chi connectivity index (χ4n) is 3.90. The molecule has 0 aromatic rings. The number of ether oxygens (including phenoxy) is 1. The zero-order valence-electron chi connectivity index (χ0n) is 13.8. The molecule has 2 rings (SSSR count). The zero-order valence-corrected chi connectivity index (χ0v) is 14.6. The second-order valence-corrected chi connectivity index (χ2v) is 7.09. The Bertz CT molecular complexity index is 362. The van der Waals surface area contributed by atoms with Crippen molar-refractivity contribution in [2.24, 2.45) is 17.1 Å². The molecule has 2 aliphatic carbocycles. The highest BCUT2D eigenvalue weighted by molar-refractivity contribution is 5.85. The van der Waals surface area contributed by atoms with Gasteiger partial charge in [-0.1, -0.05) is 20.3 Å². The molecule has 0 aromatic heterocycles. The Kier molecular flexibility index (Phi) is 6.51. The van der Waals surface area contributed by atoms with Crippen molar-refractivity contribution >= 4 is 18.3 Å². The summed E-state index contributed by atoms with van der Waals surface area (Å²) >= 11 is 0. The summed E-state index contributed by atoms with van der Waals surface area (Å²) in [7, 11) is 1.96. The average Bonchev–Trinajstić information content (AvgIpc) is 2.41. The lowest BCUT2D eigenvalue weighted by Gasteiger charge is -2.55. The van der Waals surface area contributed by atoms with Crippen molar-refractivity contribution in [3.05, 3.63) is 0 Å². The first kappa shape index (κ1) is 18.7. The summed E-state index contributed by atoms with van der Waals surface area (Å²) < 4.78 is 5.76. The van der Waals surface area contributed by atoms with Gasteiger partial charge in [0.1, 0.15) is 0 Å². The minimum absolute atomic E-state index is 0. The maximum Gasteiger partial charge on any atom is 0.225 e. The number of hydrogen-bond acceptors (Lipinski definition) is 3. The molecule has 4 unspecified atom stereocenters. The average molecular weight is 319 g/mol. The standard InChI is InChI=1S/C16H30N2O2.ClH/c1-5-20-14-10-13(16(14,2)3)18(4)15(19)11-7-6-8-12(17)9-11;/h11-14H,5-10,17H2,1-4H3;1H. The quantitative estimate of drug-likeness (QED) is 0.866. The normalized spacial score (nSPS) is 34.5. The van der Waals surface area contributed by atoms with Crippen molar-refractivity contribution in [1.82, 2.24) is 4.90 Å². The fraction of sp³-hybridized carbons (Fsp3) is 0.938. The van der Waals surface area contributed by atoms with Gasteiger partial charge < -0.3 is 15.4 Å². The maximum absolute atomic E-state index is 12.7. The van der Waals surface area contributed by atoms with E-state index in [2.05, 4.69) is 13.8 Å². The molecule has 2 saturated carbocycles. The first-order chi connectivity index (χ1) is 9.37. The topological polar surface area (TPSA) is 55.6 Å². The first-order valence-electron chi connectivity index (χ1n) is 8.01. The summed E-state index contributed by atoms with van der Waals surface area (Å²) in [5.41, 5.74) is 6.06. The highest BCUT2D eigenvalue weighted by Crippen LogP contribution is 2.46. The van der Waals surface area contributed by atoms with Crippen molar-refractivity contribution < 1.29 is 9.53 Å². The fourth-order valence-corrected chi connectivity index (χ4v) is 3.90. The third kappa shape index (κ3) is 3.72. The minimum Gasteiger partial charge on any atom is -0.378 e. The summed E-state index contributed by atoms with van der Waals surface area (Å²) in [6.45, 7) is 7.19. The van der Waals surface area contributed by atoms with E-state index in [9.17, 15) is 4.79 Å². The molecule has 0 radical (unpaired) electrons. The van der Waals surface area contributed by atoms with E-state index in [-0.39, 0.29) is 41.8 Å². The third-order valence-corrected chi connectivity index (χ3v) is 5.37. The second kappa shape index (κ2) is 7.30. The van der Waals surface area contributed by atoms with Gasteiger partial charge in [0.25, 0.3) is 0 Å². The van der Waals surface area contributed by atoms with Crippen LogP contribution in [0.5, 0.6) is 0 Å². The van der Waals surface area contributed by atoms with E-state index < -0.39 is 0 Å². The highest BCUT2D eigenvalue weighted by Gasteiger charge is 2.52. The number of rotatable bonds is 4. The Morgan fingerprint density at radius 1 is 1.33 bits per heavy atom. The molecule has 21 heavy (non-hydrogen) atoms. The van der Waals surface area contributed by atoms with Gasteiger partial charge in [-0.3, -0.25) is 4.79 Å². The minimum atomic E-state index is 0. The van der Waals surface area contributed by atoms with Gasteiger partial charge in [-0.15, -0.1) is 12.4 Å². The van der Waals surface area contributed by atoms with Crippen LogP contribution in [-0.2, 0) is 9.53 Å². The van der Waals surface area contributed by atoms with E-state index >= 15 is 0 Å². The predicted octanol–water partition coefficient (Wildman–Crippen LogP) is 2.59. The van der Waals surface area contributed by atoms with Crippen LogP contribution >= 0.6 is 12.4 Å². The van der Waals surface area contributed by atoms with E-state index in [1.54, 1.807) is 0 Å². The van der Waals surface area contributed by atoms with Gasteiger partial charge in [0.2, 0.25) is 5.91 Å². The Labute approximate surface area is 135 Å². The molecule has 2 fully saturated rings. The van der Waals surface area contributed by atoms with E-state index in [0.29, 0.717) is 6.04 Å². The SMILES string of the molecule is CCOC1CC(N(C)C(=O)C2CCCC(N)C2)C1(C)C.Cl. The molecule has 124 valence electrons. The Balaban J connectivity index is 0.00000220. The summed E-state index contributed by atoms with van der Waals surface area (Å²) in [6, 6.07) is 0.501. The van der Waals surface area contributed by atoms with Crippen molar-refractivity contribution in [3.63, 3.8) is 0 Å². The van der Waals surface area contributed by atoms with Gasteiger partial charge >= 0.3 is 0 Å². The molecule has 2 N–H and O–H groups in total. The van der Waals surface area contributed by atoms with Gasteiger partial charge in [-0.05, 0) is 32.6 Å². The van der Waals surface area contributed by atoms with Crippen LogP contribution < -0.4 is 5.73 Å². The van der Waals surface area contributed by atoms with Crippen molar-refractivity contribution in [2.45, 2.75) is 71.1 Å². The summed E-state index contributed by atoms with van der Waals surface area (Å²) in [6.07, 6.45) is 5.24. The first-order valence-corrected chi connectivity index (χ1v) is 8.01. The monoisotopic (exact) mass is 318 g/mol. The van der Waals surface area contributed by atoms with Crippen molar-refractivity contribution in [1.29, 1.82) is 0 Å². The molecule has 2 aliphatic rings. The number of halogens is 1. The summed E-state index contributed by atoms with van der Waals surface area (Å²) in [4.78, 5) is 14.6. The highest BCUT2D eigenvalue weighted by atomic mass is 35.5. The lowest BCUT2D eigenvalue weighted by molar-refractivity contribution is -0.167. The Morgan fingerprint density at radius 2 is 2.00 bits per heavy atom. The van der Waals surface area contributed by atoms with Crippen LogP contribution in [0.3, 0.4) is 0 Å². The summed E-state index contributed by atoms with van der Waals surface area (Å²) in [5, 5.41) is 0. The van der Waals surface area contributed by atoms with E-state index in [1.165, 1.54) is 0 Å². The van der Waals surface area contributed by atoms with Crippen molar-refractivity contribution in [3.8, 4) is 0 Å². The molecule has 0 aromatic carbocycles. The Morgan fingerprint density at radius 3 is 2.52 bits per heavy atom. The maximum atomic E-state index is 12.7. The molecular weight excluding hydrogens is 288 g/mol. The second-order valence-electron chi connectivity index (χ2n) is 7.09. The van der Waals surface area contributed by atoms with Crippen LogP contribution in [0.15, 0.2) is 0 Å². The van der Waals surface area contributed by atoms with Crippen LogP contribution in [0.4, 0.5) is 0 Å². The van der Waals surface area contributed by atoms with E-state index in [4.69, 9.17) is 10.5 Å². The number of carbonyl (C=O) groups excluding carboxylic acids is 1. The smallest absolute Gasteiger partial charge is 0.225 e. The molecule has 0 aliphatic heterocycles. The molecule has 4 atom stereocenters. The third-order valence-electron chi connectivity index (χ3n) is 5.37. The summed E-state index contributed by atoms with van der Waals surface area (Å²) in [5.74, 6) is 0.416. The lowest BCUT2D eigenvalue weighted by Crippen LogP contribution is -2.63.